The van der Waals surface area contributed by atoms with E-state index in [1.54, 1.807) is 12.1 Å². The molecule has 0 rings (SSSR count). The second-order valence-electron chi connectivity index (χ2n) is 4.13. The number of allylic oxidation sites excluding steroid dienone is 1. The maximum Gasteiger partial charge on any atom is 0.329 e. The Bertz CT molecular complexity index is 492. The molecule has 0 aromatic heterocycles. The van der Waals surface area contributed by atoms with E-state index in [4.69, 9.17) is 5.26 Å². The molecule has 0 aromatic rings. The van der Waals surface area contributed by atoms with Gasteiger partial charge in [0.25, 0.3) is 0 Å². The molecular weight excluding hydrogens is 284 g/mol. The van der Waals surface area contributed by atoms with Crippen LogP contribution >= 0.6 is 0 Å². The Morgan fingerprint density at radius 1 is 1.50 bits per heavy atom. The third-order valence-electron chi connectivity index (χ3n) is 2.25. The highest BCUT2D eigenvalue weighted by Gasteiger charge is 2.23. The van der Waals surface area contributed by atoms with Crippen molar-refractivity contribution in [2.24, 2.45) is 0 Å². The van der Waals surface area contributed by atoms with E-state index >= 15 is 0 Å². The van der Waals surface area contributed by atoms with Crippen molar-refractivity contribution in [3.8, 4) is 6.07 Å². The monoisotopic (exact) mass is 302 g/mol. The van der Waals surface area contributed by atoms with Gasteiger partial charge in [0.05, 0.1) is 5.75 Å². The Balaban J connectivity index is 4.61. The minimum absolute atomic E-state index is 0.0943. The molecule has 0 aliphatic rings. The van der Waals surface area contributed by atoms with Gasteiger partial charge in [-0.2, -0.15) is 5.26 Å². The van der Waals surface area contributed by atoms with E-state index in [0.29, 0.717) is 6.42 Å². The van der Waals surface area contributed by atoms with Gasteiger partial charge in [-0.15, -0.1) is 6.58 Å². The van der Waals surface area contributed by atoms with Gasteiger partial charge < -0.3 is 10.1 Å². The van der Waals surface area contributed by atoms with Gasteiger partial charge in [0.1, 0.15) is 21.9 Å². The molecule has 112 valence electrons. The Morgan fingerprint density at radius 3 is 2.65 bits per heavy atom. The molecule has 0 aliphatic carbocycles. The van der Waals surface area contributed by atoms with Gasteiger partial charge in [-0.3, -0.25) is 4.79 Å². The van der Waals surface area contributed by atoms with Crippen LogP contribution in [-0.4, -0.2) is 45.0 Å². The van der Waals surface area contributed by atoms with Crippen molar-refractivity contribution in [1.82, 2.24) is 5.32 Å². The quantitative estimate of drug-likeness (QED) is 0.471. The van der Waals surface area contributed by atoms with Crippen molar-refractivity contribution < 1.29 is 22.7 Å². The maximum atomic E-state index is 11.6. The molecule has 0 bridgehead atoms. The molecule has 0 heterocycles. The van der Waals surface area contributed by atoms with Gasteiger partial charge in [0.2, 0.25) is 5.91 Å². The number of amides is 1. The highest BCUT2D eigenvalue weighted by Crippen LogP contribution is 2.01. The number of nitriles is 1. The number of nitrogens with zero attached hydrogens (tertiary/aromatic N) is 1. The highest BCUT2D eigenvalue weighted by molar-refractivity contribution is 7.90. The van der Waals surface area contributed by atoms with E-state index in [2.05, 4.69) is 16.6 Å². The second kappa shape index (κ2) is 9.09. The van der Waals surface area contributed by atoms with Crippen LogP contribution in [0.25, 0.3) is 0 Å². The number of carbonyl (C=O) groups is 2. The molecule has 1 amide bonds. The smallest absolute Gasteiger partial charge is 0.329 e. The number of esters is 1. The summed E-state index contributed by atoms with van der Waals surface area (Å²) >= 11 is 0. The van der Waals surface area contributed by atoms with Crippen LogP contribution in [0.2, 0.25) is 0 Å². The average Bonchev–Trinajstić information content (AvgIpc) is 2.37. The largest absolute Gasteiger partial charge is 0.449 e. The van der Waals surface area contributed by atoms with E-state index in [9.17, 15) is 18.0 Å². The molecule has 7 nitrogen and oxygen atoms in total. The lowest BCUT2D eigenvalue weighted by molar-refractivity contribution is -0.146. The summed E-state index contributed by atoms with van der Waals surface area (Å²) in [5, 5.41) is 10.7. The van der Waals surface area contributed by atoms with Gasteiger partial charge in [-0.25, -0.2) is 13.2 Å². The second-order valence-corrected chi connectivity index (χ2v) is 6.39. The Kier molecular flexibility index (Phi) is 8.24. The van der Waals surface area contributed by atoms with Crippen molar-refractivity contribution >= 4 is 21.7 Å². The molecule has 0 aromatic carbocycles. The van der Waals surface area contributed by atoms with E-state index in [1.807, 2.05) is 0 Å². The van der Waals surface area contributed by atoms with Crippen LogP contribution in [0.15, 0.2) is 12.7 Å². The first-order valence-corrected chi connectivity index (χ1v) is 7.97. The van der Waals surface area contributed by atoms with E-state index < -0.39 is 34.4 Å². The Morgan fingerprint density at radius 2 is 2.15 bits per heavy atom. The van der Waals surface area contributed by atoms with Crippen molar-refractivity contribution in [2.45, 2.75) is 25.3 Å². The summed E-state index contributed by atoms with van der Waals surface area (Å²) in [6.07, 6.45) is 3.08. The summed E-state index contributed by atoms with van der Waals surface area (Å²) in [4.78, 5) is 23.2. The first kappa shape index (κ1) is 18.1. The predicted molar refractivity (Wildman–Crippen MR) is 72.3 cm³/mol. The minimum atomic E-state index is -3.27. The van der Waals surface area contributed by atoms with Crippen molar-refractivity contribution in [3.63, 3.8) is 0 Å². The standard InChI is InChI=1S/C12H18N2O5S/c1-3-4-5-11(15)14-10(6-9-20(2,17)18)12(16)19-8-7-13/h3,10H,1,4-6,8-9H2,2H3,(H,14,15). The summed E-state index contributed by atoms with van der Waals surface area (Å²) in [5.41, 5.74) is 0. The molecule has 0 spiro atoms. The van der Waals surface area contributed by atoms with E-state index in [-0.39, 0.29) is 18.6 Å². The first-order valence-electron chi connectivity index (χ1n) is 5.91. The summed E-state index contributed by atoms with van der Waals surface area (Å²) < 4.78 is 26.8. The number of nitrogens with one attached hydrogen (secondary N) is 1. The van der Waals surface area contributed by atoms with Crippen LogP contribution < -0.4 is 5.32 Å². The van der Waals surface area contributed by atoms with Crippen LogP contribution in [0, 0.1) is 11.3 Å². The third kappa shape index (κ3) is 9.10. The zero-order valence-electron chi connectivity index (χ0n) is 11.3. The molecule has 8 heteroatoms. The summed E-state index contributed by atoms with van der Waals surface area (Å²) in [6.45, 7) is 3.02. The number of ether oxygens (including phenoxy) is 1. The number of sulfone groups is 1. The summed E-state index contributed by atoms with van der Waals surface area (Å²) in [7, 11) is -3.27. The lowest BCUT2D eigenvalue weighted by atomic mass is 10.2. The molecule has 1 unspecified atom stereocenters. The zero-order valence-corrected chi connectivity index (χ0v) is 12.1. The Hall–Kier alpha value is -1.88. The topological polar surface area (TPSA) is 113 Å². The highest BCUT2D eigenvalue weighted by atomic mass is 32.2. The fraction of sp³-hybridized carbons (Fsp3) is 0.583. The van der Waals surface area contributed by atoms with Gasteiger partial charge in [0, 0.05) is 12.7 Å². The zero-order chi connectivity index (χ0) is 15.6. The van der Waals surface area contributed by atoms with Crippen molar-refractivity contribution in [3.05, 3.63) is 12.7 Å². The molecular formula is C12H18N2O5S. The molecule has 1 N–H and O–H groups in total. The molecule has 0 saturated carbocycles. The average molecular weight is 302 g/mol. The van der Waals surface area contributed by atoms with E-state index in [0.717, 1.165) is 6.26 Å². The lowest BCUT2D eigenvalue weighted by Crippen LogP contribution is -2.42. The molecule has 0 aliphatic heterocycles. The fourth-order valence-electron chi connectivity index (χ4n) is 1.28. The van der Waals surface area contributed by atoms with Crippen LogP contribution in [0.3, 0.4) is 0 Å². The minimum Gasteiger partial charge on any atom is -0.449 e. The van der Waals surface area contributed by atoms with Crippen LogP contribution in [0.4, 0.5) is 0 Å². The summed E-state index contributed by atoms with van der Waals surface area (Å²) in [6, 6.07) is 0.552. The van der Waals surface area contributed by atoms with Crippen LogP contribution in [0.5, 0.6) is 0 Å². The first-order chi connectivity index (χ1) is 9.30. The maximum absolute atomic E-state index is 11.6. The van der Waals surface area contributed by atoms with Gasteiger partial charge in [-0.1, -0.05) is 6.08 Å². The SMILES string of the molecule is C=CCCC(=O)NC(CCS(C)(=O)=O)C(=O)OCC#N. The lowest BCUT2D eigenvalue weighted by Gasteiger charge is -2.16. The van der Waals surface area contributed by atoms with Gasteiger partial charge in [0.15, 0.2) is 6.61 Å². The molecule has 0 fully saturated rings. The third-order valence-corrected chi connectivity index (χ3v) is 3.23. The van der Waals surface area contributed by atoms with Crippen molar-refractivity contribution in [2.75, 3.05) is 18.6 Å². The number of hydrogen-bond donors (Lipinski definition) is 1. The molecule has 1 atom stereocenters. The molecule has 0 radical (unpaired) electrons. The van der Waals surface area contributed by atoms with Crippen molar-refractivity contribution in [1.29, 1.82) is 5.26 Å². The number of carbonyl (C=O) groups excluding carboxylic acids is 2. The summed E-state index contributed by atoms with van der Waals surface area (Å²) in [5.74, 6) is -1.49. The molecule has 0 saturated heterocycles. The van der Waals surface area contributed by atoms with Crippen LogP contribution in [-0.2, 0) is 24.2 Å². The van der Waals surface area contributed by atoms with Gasteiger partial charge in [-0.05, 0) is 12.8 Å². The number of rotatable bonds is 9. The predicted octanol–water partition coefficient (Wildman–Crippen LogP) is -0.0611. The fourth-order valence-corrected chi connectivity index (χ4v) is 1.95. The van der Waals surface area contributed by atoms with Gasteiger partial charge >= 0.3 is 5.97 Å². The van der Waals surface area contributed by atoms with E-state index in [1.165, 1.54) is 0 Å². The number of hydrogen-bond acceptors (Lipinski definition) is 6. The molecule has 20 heavy (non-hydrogen) atoms. The Labute approximate surface area is 118 Å². The van der Waals surface area contributed by atoms with Crippen LogP contribution in [0.1, 0.15) is 19.3 Å². The normalized spacial score (nSPS) is 12.0.